The van der Waals surface area contributed by atoms with E-state index in [1.165, 1.54) is 0 Å². The van der Waals surface area contributed by atoms with Gasteiger partial charge in [0.15, 0.2) is 11.5 Å². The minimum absolute atomic E-state index is 0.357. The Morgan fingerprint density at radius 1 is 1.11 bits per heavy atom. The smallest absolute Gasteiger partial charge is 0.321 e. The molecule has 1 unspecified atom stereocenters. The summed E-state index contributed by atoms with van der Waals surface area (Å²) in [5.41, 5.74) is 3.81. The number of carboxylic acids is 1. The Morgan fingerprint density at radius 2 is 1.89 bits per heavy atom. The van der Waals surface area contributed by atoms with Crippen LogP contribution in [0.15, 0.2) is 71.3 Å². The van der Waals surface area contributed by atoms with Gasteiger partial charge in [0.1, 0.15) is 12.6 Å². The van der Waals surface area contributed by atoms with Crippen LogP contribution in [0.4, 0.5) is 0 Å². The second-order valence-electron chi connectivity index (χ2n) is 8.09. The van der Waals surface area contributed by atoms with E-state index >= 15 is 0 Å². The van der Waals surface area contributed by atoms with Gasteiger partial charge in [0.25, 0.3) is 0 Å². The van der Waals surface area contributed by atoms with Crippen molar-refractivity contribution >= 4 is 44.4 Å². The van der Waals surface area contributed by atoms with Gasteiger partial charge in [-0.05, 0) is 69.9 Å². The largest absolute Gasteiger partial charge is 0.490 e. The summed E-state index contributed by atoms with van der Waals surface area (Å²) in [4.78, 5) is 15.2. The van der Waals surface area contributed by atoms with Gasteiger partial charge in [-0.15, -0.1) is 0 Å². The van der Waals surface area contributed by atoms with E-state index in [1.807, 2.05) is 73.8 Å². The molecule has 35 heavy (non-hydrogen) atoms. The zero-order chi connectivity index (χ0) is 24.8. The highest BCUT2D eigenvalue weighted by Crippen LogP contribution is 2.37. The Balaban J connectivity index is 1.47. The number of hydrogen-bond acceptors (Lipinski definition) is 4. The molecular weight excluding hydrogens is 532 g/mol. The van der Waals surface area contributed by atoms with Crippen LogP contribution in [0.5, 0.6) is 11.5 Å². The number of aliphatic carboxylic acids is 1. The number of nitrogens with one attached hydrogen (secondary N) is 2. The molecule has 4 aromatic rings. The molecule has 0 bridgehead atoms. The van der Waals surface area contributed by atoms with Crippen LogP contribution < -0.4 is 14.8 Å². The Labute approximate surface area is 217 Å². The van der Waals surface area contributed by atoms with E-state index in [9.17, 15) is 9.90 Å². The molecule has 0 saturated heterocycles. The van der Waals surface area contributed by atoms with Crippen molar-refractivity contribution in [2.24, 2.45) is 0 Å². The highest BCUT2D eigenvalue weighted by Gasteiger charge is 2.20. The van der Waals surface area contributed by atoms with Crippen LogP contribution in [0, 0.1) is 0 Å². The van der Waals surface area contributed by atoms with E-state index in [0.29, 0.717) is 42.7 Å². The predicted molar refractivity (Wildman–Crippen MR) is 141 cm³/mol. The highest BCUT2D eigenvalue weighted by atomic mass is 79.9. The lowest BCUT2D eigenvalue weighted by molar-refractivity contribution is -0.139. The average Bonchev–Trinajstić information content (AvgIpc) is 3.25. The maximum Gasteiger partial charge on any atom is 0.321 e. The van der Waals surface area contributed by atoms with Crippen LogP contribution in [-0.4, -0.2) is 28.7 Å². The number of rotatable bonds is 11. The first-order valence-electron chi connectivity index (χ1n) is 11.3. The third-order valence-corrected chi connectivity index (χ3v) is 6.46. The van der Waals surface area contributed by atoms with E-state index < -0.39 is 12.0 Å². The Bertz CT molecular complexity index is 1310. The average molecular weight is 558 g/mol. The third-order valence-electron chi connectivity index (χ3n) is 5.62. The SMILES string of the molecule is CCOc1cc(CNC(Cc2c[nH]c3ccccc23)C(=O)O)cc(Br)c1OCc1ccc(Cl)cc1. The Morgan fingerprint density at radius 3 is 2.63 bits per heavy atom. The summed E-state index contributed by atoms with van der Waals surface area (Å²) in [6, 6.07) is 18.4. The van der Waals surface area contributed by atoms with Crippen molar-refractivity contribution in [3.8, 4) is 11.5 Å². The van der Waals surface area contributed by atoms with Crippen molar-refractivity contribution in [2.75, 3.05) is 6.61 Å². The summed E-state index contributed by atoms with van der Waals surface area (Å²) in [6.45, 7) is 3.09. The van der Waals surface area contributed by atoms with Crippen molar-refractivity contribution in [1.29, 1.82) is 0 Å². The standard InChI is InChI=1S/C27H26BrClN2O4/c1-2-34-25-12-18(11-22(28)26(25)35-16-17-7-9-20(29)10-8-17)14-30-24(27(32)33)13-19-15-31-23-6-4-3-5-21(19)23/h3-12,15,24,30-31H,2,13-14,16H2,1H3,(H,32,33). The maximum absolute atomic E-state index is 12.0. The van der Waals surface area contributed by atoms with E-state index in [4.69, 9.17) is 21.1 Å². The number of para-hydroxylation sites is 1. The molecule has 0 radical (unpaired) electrons. The minimum atomic E-state index is -0.901. The Hall–Kier alpha value is -3.00. The fraction of sp³-hybridized carbons (Fsp3) is 0.222. The first kappa shape index (κ1) is 25.1. The summed E-state index contributed by atoms with van der Waals surface area (Å²) in [5, 5.41) is 14.7. The first-order valence-corrected chi connectivity index (χ1v) is 12.4. The lowest BCUT2D eigenvalue weighted by Gasteiger charge is -2.18. The number of carbonyl (C=O) groups is 1. The molecule has 0 aliphatic heterocycles. The van der Waals surface area contributed by atoms with Crippen molar-refractivity contribution < 1.29 is 19.4 Å². The second-order valence-corrected chi connectivity index (χ2v) is 9.38. The fourth-order valence-corrected chi connectivity index (χ4v) is 4.60. The predicted octanol–water partition coefficient (Wildman–Crippen LogP) is 6.35. The van der Waals surface area contributed by atoms with Gasteiger partial charge in [0.05, 0.1) is 11.1 Å². The van der Waals surface area contributed by atoms with Crippen LogP contribution >= 0.6 is 27.5 Å². The number of fused-ring (bicyclic) bond motifs is 1. The molecule has 0 aliphatic carbocycles. The minimum Gasteiger partial charge on any atom is -0.490 e. The van der Waals surface area contributed by atoms with Crippen LogP contribution in [0.2, 0.25) is 5.02 Å². The van der Waals surface area contributed by atoms with Crippen LogP contribution in [-0.2, 0) is 24.4 Å². The second kappa shape index (κ2) is 11.6. The molecule has 182 valence electrons. The molecule has 4 rings (SSSR count). The number of halogens is 2. The van der Waals surface area contributed by atoms with Crippen LogP contribution in [0.3, 0.4) is 0 Å². The third kappa shape index (κ3) is 6.36. The summed E-state index contributed by atoms with van der Waals surface area (Å²) >= 11 is 9.55. The van der Waals surface area contributed by atoms with E-state index in [-0.39, 0.29) is 0 Å². The molecule has 6 nitrogen and oxygen atoms in total. The summed E-state index contributed by atoms with van der Waals surface area (Å²) in [6.07, 6.45) is 2.24. The molecule has 3 N–H and O–H groups in total. The van der Waals surface area contributed by atoms with Gasteiger partial charge >= 0.3 is 5.97 Å². The zero-order valence-corrected chi connectivity index (χ0v) is 21.5. The molecule has 3 aromatic carbocycles. The number of H-pyrrole nitrogens is 1. The number of aromatic amines is 1. The van der Waals surface area contributed by atoms with Gasteiger partial charge in [0.2, 0.25) is 0 Å². The quantitative estimate of drug-likeness (QED) is 0.200. The van der Waals surface area contributed by atoms with Gasteiger partial charge in [-0.2, -0.15) is 0 Å². The van der Waals surface area contributed by atoms with Crippen molar-refractivity contribution in [3.63, 3.8) is 0 Å². The lowest BCUT2D eigenvalue weighted by Crippen LogP contribution is -2.38. The topological polar surface area (TPSA) is 83.6 Å². The number of ether oxygens (including phenoxy) is 2. The normalized spacial score (nSPS) is 12.0. The first-order chi connectivity index (χ1) is 16.9. The van der Waals surface area contributed by atoms with Gasteiger partial charge < -0.3 is 24.9 Å². The molecule has 1 atom stereocenters. The van der Waals surface area contributed by atoms with E-state index in [1.54, 1.807) is 0 Å². The number of hydrogen-bond donors (Lipinski definition) is 3. The number of carboxylic acid groups (broad SMARTS) is 1. The molecule has 0 amide bonds. The molecular formula is C27H26BrClN2O4. The van der Waals surface area contributed by atoms with Crippen LogP contribution in [0.25, 0.3) is 10.9 Å². The monoisotopic (exact) mass is 556 g/mol. The van der Waals surface area contributed by atoms with Gasteiger partial charge in [-0.25, -0.2) is 0 Å². The summed E-state index contributed by atoms with van der Waals surface area (Å²) in [7, 11) is 0. The molecule has 1 aromatic heterocycles. The molecule has 0 saturated carbocycles. The highest BCUT2D eigenvalue weighted by molar-refractivity contribution is 9.10. The molecule has 0 spiro atoms. The fourth-order valence-electron chi connectivity index (χ4n) is 3.87. The van der Waals surface area contributed by atoms with Crippen molar-refractivity contribution in [1.82, 2.24) is 10.3 Å². The number of aromatic nitrogens is 1. The van der Waals surface area contributed by atoms with Gasteiger partial charge in [-0.1, -0.05) is 41.9 Å². The Kier molecular flexibility index (Phi) is 8.33. The van der Waals surface area contributed by atoms with Crippen LogP contribution in [0.1, 0.15) is 23.6 Å². The molecule has 8 heteroatoms. The summed E-state index contributed by atoms with van der Waals surface area (Å²) in [5.74, 6) is 0.289. The molecule has 0 fully saturated rings. The van der Waals surface area contributed by atoms with Crippen molar-refractivity contribution in [2.45, 2.75) is 32.5 Å². The zero-order valence-electron chi connectivity index (χ0n) is 19.2. The van der Waals surface area contributed by atoms with Gasteiger partial charge in [0, 0.05) is 35.1 Å². The lowest BCUT2D eigenvalue weighted by atomic mass is 10.0. The van der Waals surface area contributed by atoms with Gasteiger partial charge in [-0.3, -0.25) is 4.79 Å². The summed E-state index contributed by atoms with van der Waals surface area (Å²) < 4.78 is 12.6. The molecule has 1 heterocycles. The number of benzene rings is 3. The maximum atomic E-state index is 12.0. The van der Waals surface area contributed by atoms with E-state index in [0.717, 1.165) is 32.1 Å². The van der Waals surface area contributed by atoms with E-state index in [2.05, 4.69) is 26.2 Å². The molecule has 0 aliphatic rings. The van der Waals surface area contributed by atoms with Crippen molar-refractivity contribution in [3.05, 3.63) is 93.0 Å².